The topological polar surface area (TPSA) is 89.1 Å². The average molecular weight is 467 g/mol. The van der Waals surface area contributed by atoms with E-state index in [1.807, 2.05) is 35.8 Å². The van der Waals surface area contributed by atoms with Crippen molar-refractivity contribution in [2.75, 3.05) is 11.9 Å². The number of aromatic nitrogens is 3. The molecule has 0 bridgehead atoms. The van der Waals surface area contributed by atoms with Gasteiger partial charge in [0.1, 0.15) is 5.82 Å². The Bertz CT molecular complexity index is 1410. The zero-order valence-electron chi connectivity index (χ0n) is 20.0. The Morgan fingerprint density at radius 2 is 1.97 bits per heavy atom. The summed E-state index contributed by atoms with van der Waals surface area (Å²) >= 11 is 0. The average Bonchev–Trinajstić information content (AvgIpc) is 3.22. The number of hydrogen-bond donors (Lipinski definition) is 2. The lowest BCUT2D eigenvalue weighted by molar-refractivity contribution is 0.100. The number of fused-ring (bicyclic) bond motifs is 3. The van der Waals surface area contributed by atoms with Crippen LogP contribution in [0.25, 0.3) is 16.9 Å². The summed E-state index contributed by atoms with van der Waals surface area (Å²) in [5.74, 6) is 1.10. The minimum atomic E-state index is -0.429. The van der Waals surface area contributed by atoms with E-state index in [2.05, 4.69) is 34.5 Å². The first-order chi connectivity index (χ1) is 17.1. The van der Waals surface area contributed by atoms with E-state index in [-0.39, 0.29) is 0 Å². The molecule has 178 valence electrons. The summed E-state index contributed by atoms with van der Waals surface area (Å²) in [5, 5.41) is 4.45. The zero-order valence-corrected chi connectivity index (χ0v) is 20.0. The van der Waals surface area contributed by atoms with E-state index in [0.717, 1.165) is 47.6 Å². The van der Waals surface area contributed by atoms with Gasteiger partial charge in [-0.15, -0.1) is 0 Å². The molecule has 1 amide bonds. The van der Waals surface area contributed by atoms with E-state index in [4.69, 9.17) is 15.7 Å². The molecule has 1 unspecified atom stereocenters. The molecule has 4 heterocycles. The van der Waals surface area contributed by atoms with Crippen molar-refractivity contribution in [2.24, 2.45) is 5.73 Å². The van der Waals surface area contributed by atoms with E-state index in [9.17, 15) is 4.79 Å². The number of nitrogens with two attached hydrogens (primary N) is 1. The van der Waals surface area contributed by atoms with Crippen LogP contribution in [0, 0.1) is 6.92 Å². The first-order valence-electron chi connectivity index (χ1n) is 12.4. The molecule has 2 aromatic carbocycles. The normalized spacial score (nSPS) is 17.7. The minimum absolute atomic E-state index is 0.429. The van der Waals surface area contributed by atoms with Crippen LogP contribution in [0.15, 0.2) is 54.6 Å². The Kier molecular flexibility index (Phi) is 5.49. The highest BCUT2D eigenvalue weighted by Crippen LogP contribution is 2.34. The zero-order chi connectivity index (χ0) is 23.9. The number of nitrogens with one attached hydrogen (secondary N) is 1. The van der Waals surface area contributed by atoms with Crippen molar-refractivity contribution in [3.05, 3.63) is 82.7 Å². The number of rotatable bonds is 5. The van der Waals surface area contributed by atoms with Crippen molar-refractivity contribution >= 4 is 22.6 Å². The first-order valence-corrected chi connectivity index (χ1v) is 12.4. The summed E-state index contributed by atoms with van der Waals surface area (Å²) < 4.78 is 2.04. The lowest BCUT2D eigenvalue weighted by Gasteiger charge is -2.40. The third-order valence-electron chi connectivity index (χ3n) is 7.42. The highest BCUT2D eigenvalue weighted by Gasteiger charge is 2.32. The van der Waals surface area contributed by atoms with Gasteiger partial charge in [0.05, 0.1) is 11.2 Å². The molecule has 4 aromatic rings. The van der Waals surface area contributed by atoms with Crippen LogP contribution in [0.2, 0.25) is 0 Å². The summed E-state index contributed by atoms with van der Waals surface area (Å²) in [6.07, 6.45) is 4.70. The number of nitrogens with zero attached hydrogens (tertiary/aromatic N) is 4. The molecule has 35 heavy (non-hydrogen) atoms. The fourth-order valence-corrected chi connectivity index (χ4v) is 5.65. The number of primary amides is 1. The lowest BCUT2D eigenvalue weighted by atomic mass is 9.91. The van der Waals surface area contributed by atoms with Crippen molar-refractivity contribution in [3.8, 4) is 5.95 Å². The molecule has 0 aliphatic carbocycles. The summed E-state index contributed by atoms with van der Waals surface area (Å²) in [7, 11) is 0. The number of carbonyl (C=O) groups is 1. The fraction of sp³-hybridized carbons (Fsp3) is 0.321. The Morgan fingerprint density at radius 1 is 1.11 bits per heavy atom. The van der Waals surface area contributed by atoms with Gasteiger partial charge in [-0.05, 0) is 50.1 Å². The third kappa shape index (κ3) is 3.96. The van der Waals surface area contributed by atoms with Crippen LogP contribution in [0.3, 0.4) is 0 Å². The van der Waals surface area contributed by atoms with Gasteiger partial charge in [-0.3, -0.25) is 14.3 Å². The first kappa shape index (κ1) is 21.8. The van der Waals surface area contributed by atoms with Crippen LogP contribution in [0.4, 0.5) is 5.82 Å². The second-order valence-electron chi connectivity index (χ2n) is 9.68. The van der Waals surface area contributed by atoms with Gasteiger partial charge in [0.2, 0.25) is 11.9 Å². The number of aryl methyl sites for hydroxylation is 1. The Hall–Kier alpha value is -3.71. The van der Waals surface area contributed by atoms with Gasteiger partial charge in [0.15, 0.2) is 0 Å². The molecule has 2 aliphatic heterocycles. The van der Waals surface area contributed by atoms with Gasteiger partial charge < -0.3 is 11.1 Å². The second-order valence-corrected chi connectivity index (χ2v) is 9.68. The van der Waals surface area contributed by atoms with Crippen molar-refractivity contribution in [1.82, 2.24) is 19.4 Å². The molecule has 2 aromatic heterocycles. The molecule has 0 saturated carbocycles. The van der Waals surface area contributed by atoms with Crippen molar-refractivity contribution in [1.29, 1.82) is 0 Å². The van der Waals surface area contributed by atoms with E-state index in [0.29, 0.717) is 24.1 Å². The molecule has 7 heteroatoms. The predicted octanol–water partition coefficient (Wildman–Crippen LogP) is 4.35. The molecule has 1 atom stereocenters. The van der Waals surface area contributed by atoms with E-state index >= 15 is 0 Å². The van der Waals surface area contributed by atoms with E-state index in [1.165, 1.54) is 30.4 Å². The Balaban J connectivity index is 1.47. The highest BCUT2D eigenvalue weighted by molar-refractivity contribution is 6.06. The standard InChI is InChI=1S/C28H30N6O/c1-18-14-22-21(26(29)35)11-7-12-25(22)34(18)28-31-24-15-20-10-5-6-13-33(20)17-23(24)27(32-28)30-16-19-8-3-2-4-9-19/h2-4,7-9,11-12,14,20H,5-6,10,13,15-17H2,1H3,(H2,29,35)(H,30,31,32). The quantitative estimate of drug-likeness (QED) is 0.456. The predicted molar refractivity (Wildman–Crippen MR) is 138 cm³/mol. The van der Waals surface area contributed by atoms with Crippen LogP contribution in [-0.4, -0.2) is 37.9 Å². The van der Waals surface area contributed by atoms with Gasteiger partial charge in [-0.2, -0.15) is 4.98 Å². The van der Waals surface area contributed by atoms with E-state index in [1.54, 1.807) is 6.07 Å². The Labute approximate surface area is 205 Å². The number of anilines is 1. The van der Waals surface area contributed by atoms with Crippen molar-refractivity contribution in [3.63, 3.8) is 0 Å². The number of benzene rings is 2. The summed E-state index contributed by atoms with van der Waals surface area (Å²) in [5.41, 5.74) is 11.6. The van der Waals surface area contributed by atoms with Gasteiger partial charge in [-0.1, -0.05) is 42.8 Å². The van der Waals surface area contributed by atoms with Gasteiger partial charge in [0.25, 0.3) is 0 Å². The monoisotopic (exact) mass is 466 g/mol. The second kappa shape index (κ2) is 8.82. The van der Waals surface area contributed by atoms with Crippen LogP contribution in [-0.2, 0) is 19.5 Å². The van der Waals surface area contributed by atoms with Gasteiger partial charge >= 0.3 is 0 Å². The molecule has 7 nitrogen and oxygen atoms in total. The maximum atomic E-state index is 12.0. The maximum Gasteiger partial charge on any atom is 0.249 e. The molecule has 1 saturated heterocycles. The summed E-state index contributed by atoms with van der Waals surface area (Å²) in [6.45, 7) is 4.74. The largest absolute Gasteiger partial charge is 0.366 e. The third-order valence-corrected chi connectivity index (χ3v) is 7.42. The number of amides is 1. The molecule has 0 spiro atoms. The number of carbonyl (C=O) groups excluding carboxylic acids is 1. The molecule has 6 rings (SSSR count). The maximum absolute atomic E-state index is 12.0. The van der Waals surface area contributed by atoms with Crippen molar-refractivity contribution < 1.29 is 4.79 Å². The SMILES string of the molecule is Cc1cc2c(C(N)=O)cccc2n1-c1nc2c(c(NCc3ccccc3)n1)CN1CCCCC1C2. The van der Waals surface area contributed by atoms with Crippen LogP contribution >= 0.6 is 0 Å². The minimum Gasteiger partial charge on any atom is -0.366 e. The van der Waals surface area contributed by atoms with Crippen LogP contribution in [0.1, 0.15) is 52.1 Å². The highest BCUT2D eigenvalue weighted by atomic mass is 16.1. The number of hydrogen-bond acceptors (Lipinski definition) is 5. The molecule has 2 aliphatic rings. The van der Waals surface area contributed by atoms with Gasteiger partial charge in [-0.25, -0.2) is 4.98 Å². The summed E-state index contributed by atoms with van der Waals surface area (Å²) in [6, 6.07) is 18.6. The fourth-order valence-electron chi connectivity index (χ4n) is 5.65. The van der Waals surface area contributed by atoms with Gasteiger partial charge in [0, 0.05) is 47.8 Å². The van der Waals surface area contributed by atoms with Crippen LogP contribution < -0.4 is 11.1 Å². The lowest BCUT2D eigenvalue weighted by Crippen LogP contribution is -2.44. The molecule has 3 N–H and O–H groups in total. The van der Waals surface area contributed by atoms with Crippen LogP contribution in [0.5, 0.6) is 0 Å². The molecule has 1 fully saturated rings. The molecular formula is C28H30N6O. The smallest absolute Gasteiger partial charge is 0.249 e. The molecule has 0 radical (unpaired) electrons. The molecular weight excluding hydrogens is 436 g/mol. The summed E-state index contributed by atoms with van der Waals surface area (Å²) in [4.78, 5) is 24.8. The van der Waals surface area contributed by atoms with E-state index < -0.39 is 5.91 Å². The Morgan fingerprint density at radius 3 is 2.80 bits per heavy atom. The van der Waals surface area contributed by atoms with Crippen molar-refractivity contribution in [2.45, 2.75) is 51.7 Å². The number of piperidine rings is 1.